The van der Waals surface area contributed by atoms with Crippen LogP contribution in [-0.4, -0.2) is 25.5 Å². The quantitative estimate of drug-likeness (QED) is 0.344. The first kappa shape index (κ1) is 18.9. The monoisotopic (exact) mass is 353 g/mol. The van der Waals surface area contributed by atoms with Crippen LogP contribution < -0.4 is 4.74 Å². The van der Waals surface area contributed by atoms with E-state index in [2.05, 4.69) is 0 Å². The lowest BCUT2D eigenvalue weighted by atomic mass is 10.1. The van der Waals surface area contributed by atoms with E-state index in [0.29, 0.717) is 5.56 Å². The molecule has 0 saturated heterocycles. The molecule has 0 bridgehead atoms. The van der Waals surface area contributed by atoms with Crippen LogP contribution >= 0.6 is 0 Å². The Labute approximate surface area is 150 Å². The van der Waals surface area contributed by atoms with Crippen LogP contribution in [0, 0.1) is 24.1 Å². The summed E-state index contributed by atoms with van der Waals surface area (Å²) in [5, 5.41) is 9.14. The van der Waals surface area contributed by atoms with E-state index in [4.69, 9.17) is 14.7 Å². The summed E-state index contributed by atoms with van der Waals surface area (Å²) in [6.07, 6.45) is 1.37. The first-order chi connectivity index (χ1) is 12.4. The first-order valence-corrected chi connectivity index (χ1v) is 7.67. The third-order valence-corrected chi connectivity index (χ3v) is 3.53. The number of hydrogen-bond acceptors (Lipinski definition) is 5. The summed E-state index contributed by atoms with van der Waals surface area (Å²) < 4.78 is 23.2. The van der Waals surface area contributed by atoms with Crippen LogP contribution in [0.2, 0.25) is 0 Å². The highest BCUT2D eigenvalue weighted by Gasteiger charge is 2.17. The van der Waals surface area contributed by atoms with Gasteiger partial charge in [-0.25, -0.2) is 9.18 Å². The number of esters is 1. The Morgan fingerprint density at radius 1 is 1.19 bits per heavy atom. The molecule has 0 amide bonds. The predicted molar refractivity (Wildman–Crippen MR) is 93.0 cm³/mol. The SMILES string of the molecule is COc1ccc(F)cc1C(=O)COC(=O)/C(C#N)=C/c1ccc(C)cc1. The molecule has 0 aromatic heterocycles. The summed E-state index contributed by atoms with van der Waals surface area (Å²) in [7, 11) is 1.34. The van der Waals surface area contributed by atoms with Crippen LogP contribution in [0.25, 0.3) is 6.08 Å². The van der Waals surface area contributed by atoms with E-state index in [9.17, 15) is 14.0 Å². The van der Waals surface area contributed by atoms with Gasteiger partial charge >= 0.3 is 5.97 Å². The number of halogens is 1. The van der Waals surface area contributed by atoms with Gasteiger partial charge in [-0.15, -0.1) is 0 Å². The number of benzene rings is 2. The number of hydrogen-bond donors (Lipinski definition) is 0. The van der Waals surface area contributed by atoms with Crippen molar-refractivity contribution in [2.75, 3.05) is 13.7 Å². The molecule has 0 aliphatic rings. The summed E-state index contributed by atoms with van der Waals surface area (Å²) >= 11 is 0. The van der Waals surface area contributed by atoms with Crippen LogP contribution in [0.1, 0.15) is 21.5 Å². The zero-order valence-corrected chi connectivity index (χ0v) is 14.3. The lowest BCUT2D eigenvalue weighted by molar-refractivity contribution is -0.137. The van der Waals surface area contributed by atoms with E-state index in [1.54, 1.807) is 18.2 Å². The maximum atomic E-state index is 13.3. The number of ether oxygens (including phenoxy) is 2. The fourth-order valence-electron chi connectivity index (χ4n) is 2.15. The molecular formula is C20H16FNO4. The molecule has 0 fully saturated rings. The Balaban J connectivity index is 2.09. The van der Waals surface area contributed by atoms with Gasteiger partial charge in [-0.1, -0.05) is 29.8 Å². The van der Waals surface area contributed by atoms with Gasteiger partial charge in [0.15, 0.2) is 6.61 Å². The Hall–Kier alpha value is -3.46. The molecule has 132 valence electrons. The molecule has 2 rings (SSSR count). The molecule has 0 N–H and O–H groups in total. The van der Waals surface area contributed by atoms with E-state index in [1.165, 1.54) is 19.3 Å². The van der Waals surface area contributed by atoms with Crippen LogP contribution in [0.15, 0.2) is 48.0 Å². The van der Waals surface area contributed by atoms with Gasteiger partial charge in [-0.05, 0) is 36.8 Å². The molecule has 0 unspecified atom stereocenters. The predicted octanol–water partition coefficient (Wildman–Crippen LogP) is 3.48. The van der Waals surface area contributed by atoms with Gasteiger partial charge < -0.3 is 9.47 Å². The van der Waals surface area contributed by atoms with Crippen molar-refractivity contribution in [3.8, 4) is 11.8 Å². The van der Waals surface area contributed by atoms with Crippen molar-refractivity contribution in [2.45, 2.75) is 6.92 Å². The second-order valence-electron chi connectivity index (χ2n) is 5.42. The molecule has 2 aromatic rings. The van der Waals surface area contributed by atoms with Gasteiger partial charge in [-0.3, -0.25) is 4.79 Å². The number of methoxy groups -OCH3 is 1. The zero-order chi connectivity index (χ0) is 19.1. The number of Topliss-reactive ketones (excluding diaryl/α,β-unsaturated/α-hetero) is 1. The van der Waals surface area contributed by atoms with Crippen molar-refractivity contribution in [3.63, 3.8) is 0 Å². The second kappa shape index (κ2) is 8.58. The van der Waals surface area contributed by atoms with E-state index in [-0.39, 0.29) is 16.9 Å². The molecule has 0 atom stereocenters. The molecule has 0 spiro atoms. The molecule has 26 heavy (non-hydrogen) atoms. The Morgan fingerprint density at radius 2 is 1.88 bits per heavy atom. The molecule has 0 aliphatic heterocycles. The fourth-order valence-corrected chi connectivity index (χ4v) is 2.15. The first-order valence-electron chi connectivity index (χ1n) is 7.67. The minimum Gasteiger partial charge on any atom is -0.496 e. The van der Waals surface area contributed by atoms with Gasteiger partial charge in [0, 0.05) is 0 Å². The van der Waals surface area contributed by atoms with Crippen molar-refractivity contribution >= 4 is 17.8 Å². The van der Waals surface area contributed by atoms with E-state index in [1.807, 2.05) is 19.1 Å². The molecular weight excluding hydrogens is 337 g/mol. The lowest BCUT2D eigenvalue weighted by Crippen LogP contribution is -2.16. The Kier molecular flexibility index (Phi) is 6.23. The highest BCUT2D eigenvalue weighted by molar-refractivity contribution is 6.03. The normalized spacial score (nSPS) is 10.8. The zero-order valence-electron chi connectivity index (χ0n) is 14.3. The average Bonchev–Trinajstić information content (AvgIpc) is 2.65. The standard InChI is InChI=1S/C20H16FNO4/c1-13-3-5-14(6-4-13)9-15(11-22)20(24)26-12-18(23)17-10-16(21)7-8-19(17)25-2/h3-10H,12H2,1-2H3/b15-9+. The maximum Gasteiger partial charge on any atom is 0.349 e. The molecule has 0 aliphatic carbocycles. The Bertz CT molecular complexity index is 895. The van der Waals surface area contributed by atoms with Crippen molar-refractivity contribution in [1.29, 1.82) is 5.26 Å². The van der Waals surface area contributed by atoms with Crippen molar-refractivity contribution < 1.29 is 23.5 Å². The summed E-state index contributed by atoms with van der Waals surface area (Å²) in [4.78, 5) is 24.2. The number of rotatable bonds is 6. The van der Waals surface area contributed by atoms with Crippen LogP contribution in [0.4, 0.5) is 4.39 Å². The van der Waals surface area contributed by atoms with Crippen LogP contribution in [0.5, 0.6) is 5.75 Å². The maximum absolute atomic E-state index is 13.3. The topological polar surface area (TPSA) is 76.4 Å². The van der Waals surface area contributed by atoms with Gasteiger partial charge in [-0.2, -0.15) is 5.26 Å². The average molecular weight is 353 g/mol. The van der Waals surface area contributed by atoms with Gasteiger partial charge in [0.2, 0.25) is 5.78 Å². The number of aryl methyl sites for hydroxylation is 1. The molecule has 0 radical (unpaired) electrons. The summed E-state index contributed by atoms with van der Waals surface area (Å²) in [5.74, 6) is -2.01. The largest absolute Gasteiger partial charge is 0.496 e. The third kappa shape index (κ3) is 4.77. The van der Waals surface area contributed by atoms with Crippen LogP contribution in [0.3, 0.4) is 0 Å². The number of ketones is 1. The van der Waals surface area contributed by atoms with E-state index >= 15 is 0 Å². The number of nitrogens with zero attached hydrogens (tertiary/aromatic N) is 1. The van der Waals surface area contributed by atoms with Crippen molar-refractivity contribution in [3.05, 3.63) is 70.5 Å². The Morgan fingerprint density at radius 3 is 2.50 bits per heavy atom. The van der Waals surface area contributed by atoms with Crippen molar-refractivity contribution in [1.82, 2.24) is 0 Å². The molecule has 0 heterocycles. The number of carbonyl (C=O) groups is 2. The van der Waals surface area contributed by atoms with Gasteiger partial charge in [0.25, 0.3) is 0 Å². The number of nitriles is 1. The molecule has 6 heteroatoms. The molecule has 2 aromatic carbocycles. The number of carbonyl (C=O) groups excluding carboxylic acids is 2. The highest BCUT2D eigenvalue weighted by atomic mass is 19.1. The summed E-state index contributed by atoms with van der Waals surface area (Å²) in [6, 6.07) is 12.4. The summed E-state index contributed by atoms with van der Waals surface area (Å²) in [6.45, 7) is 1.28. The minimum atomic E-state index is -0.934. The smallest absolute Gasteiger partial charge is 0.349 e. The van der Waals surface area contributed by atoms with Gasteiger partial charge in [0.05, 0.1) is 12.7 Å². The van der Waals surface area contributed by atoms with E-state index < -0.39 is 24.2 Å². The molecule has 5 nitrogen and oxygen atoms in total. The van der Waals surface area contributed by atoms with Crippen molar-refractivity contribution in [2.24, 2.45) is 0 Å². The van der Waals surface area contributed by atoms with Gasteiger partial charge in [0.1, 0.15) is 23.2 Å². The molecule has 0 saturated carbocycles. The van der Waals surface area contributed by atoms with E-state index in [0.717, 1.165) is 17.7 Å². The fraction of sp³-hybridized carbons (Fsp3) is 0.150. The summed E-state index contributed by atoms with van der Waals surface area (Å²) in [5.41, 5.74) is 1.41. The minimum absolute atomic E-state index is 0.0404. The second-order valence-corrected chi connectivity index (χ2v) is 5.42. The van der Waals surface area contributed by atoms with Crippen LogP contribution in [-0.2, 0) is 9.53 Å². The highest BCUT2D eigenvalue weighted by Crippen LogP contribution is 2.20. The third-order valence-electron chi connectivity index (χ3n) is 3.53. The lowest BCUT2D eigenvalue weighted by Gasteiger charge is -2.08.